The first-order valence-electron chi connectivity index (χ1n) is 8.48. The van der Waals surface area contributed by atoms with Gasteiger partial charge in [0.2, 0.25) is 5.91 Å². The number of nitrogens with zero attached hydrogens (tertiary/aromatic N) is 2. The highest BCUT2D eigenvalue weighted by atomic mass is 32.1. The zero-order valence-corrected chi connectivity index (χ0v) is 15.2. The van der Waals surface area contributed by atoms with Gasteiger partial charge in [-0.3, -0.25) is 9.59 Å². The number of ether oxygens (including phenoxy) is 1. The molecule has 6 heteroatoms. The number of hydrogen-bond acceptors (Lipinski definition) is 5. The van der Waals surface area contributed by atoms with Crippen molar-refractivity contribution in [1.82, 2.24) is 4.98 Å². The van der Waals surface area contributed by atoms with E-state index in [1.54, 1.807) is 4.90 Å². The zero-order chi connectivity index (χ0) is 18.1. The van der Waals surface area contributed by atoms with Gasteiger partial charge >= 0.3 is 5.97 Å². The fourth-order valence-electron chi connectivity index (χ4n) is 3.07. The molecule has 26 heavy (non-hydrogen) atoms. The van der Waals surface area contributed by atoms with Crippen LogP contribution < -0.4 is 4.90 Å². The van der Waals surface area contributed by atoms with Gasteiger partial charge in [-0.2, -0.15) is 0 Å². The second-order valence-corrected chi connectivity index (χ2v) is 7.54. The van der Waals surface area contributed by atoms with E-state index in [2.05, 4.69) is 4.98 Å². The van der Waals surface area contributed by atoms with Crippen molar-refractivity contribution in [2.24, 2.45) is 5.92 Å². The van der Waals surface area contributed by atoms with Crippen LogP contribution in [0.2, 0.25) is 0 Å². The molecule has 1 fully saturated rings. The third-order valence-electron chi connectivity index (χ3n) is 4.48. The topological polar surface area (TPSA) is 59.5 Å². The third kappa shape index (κ3) is 3.32. The summed E-state index contributed by atoms with van der Waals surface area (Å²) in [5.74, 6) is -0.818. The summed E-state index contributed by atoms with van der Waals surface area (Å²) >= 11 is 1.52. The minimum absolute atomic E-state index is 0.0456. The monoisotopic (exact) mass is 366 g/mol. The average Bonchev–Trinajstić information content (AvgIpc) is 3.23. The molecule has 0 radical (unpaired) electrons. The Morgan fingerprint density at radius 2 is 2.00 bits per heavy atom. The van der Waals surface area contributed by atoms with Gasteiger partial charge in [0, 0.05) is 18.7 Å². The lowest BCUT2D eigenvalue weighted by Crippen LogP contribution is -2.26. The van der Waals surface area contributed by atoms with E-state index in [9.17, 15) is 9.59 Å². The fraction of sp³-hybridized carbons (Fsp3) is 0.250. The predicted octanol–water partition coefficient (Wildman–Crippen LogP) is 3.70. The van der Waals surface area contributed by atoms with Crippen LogP contribution in [0.25, 0.3) is 10.2 Å². The van der Waals surface area contributed by atoms with Crippen LogP contribution in [-0.2, 0) is 20.9 Å². The van der Waals surface area contributed by atoms with Crippen molar-refractivity contribution in [2.75, 3.05) is 11.4 Å². The van der Waals surface area contributed by atoms with Crippen LogP contribution in [0.4, 0.5) is 5.69 Å². The molecule has 0 N–H and O–H groups in total. The number of thiazole rings is 1. The van der Waals surface area contributed by atoms with E-state index < -0.39 is 5.92 Å². The van der Waals surface area contributed by atoms with Gasteiger partial charge in [-0.05, 0) is 31.2 Å². The van der Waals surface area contributed by atoms with Crippen LogP contribution in [0.15, 0.2) is 48.5 Å². The number of anilines is 1. The molecule has 1 unspecified atom stereocenters. The molecule has 0 bridgehead atoms. The molecule has 0 saturated carbocycles. The van der Waals surface area contributed by atoms with E-state index >= 15 is 0 Å². The molecule has 132 valence electrons. The van der Waals surface area contributed by atoms with E-state index in [1.807, 2.05) is 55.5 Å². The average molecular weight is 366 g/mol. The summed E-state index contributed by atoms with van der Waals surface area (Å²) in [5, 5.41) is 0.763. The van der Waals surface area contributed by atoms with Crippen molar-refractivity contribution in [3.8, 4) is 0 Å². The van der Waals surface area contributed by atoms with Crippen LogP contribution in [0, 0.1) is 12.8 Å². The number of hydrogen-bond donors (Lipinski definition) is 0. The lowest BCUT2D eigenvalue weighted by molar-refractivity contribution is -0.149. The first-order valence-corrected chi connectivity index (χ1v) is 9.30. The molecule has 2 heterocycles. The molecule has 2 aromatic carbocycles. The lowest BCUT2D eigenvalue weighted by atomic mass is 10.1. The van der Waals surface area contributed by atoms with E-state index in [-0.39, 0.29) is 24.9 Å². The summed E-state index contributed by atoms with van der Waals surface area (Å²) in [6, 6.07) is 15.5. The molecule has 0 spiro atoms. The number of fused-ring (bicyclic) bond motifs is 1. The molecule has 1 amide bonds. The first-order chi connectivity index (χ1) is 12.6. The van der Waals surface area contributed by atoms with Crippen molar-refractivity contribution in [3.05, 3.63) is 59.1 Å². The quantitative estimate of drug-likeness (QED) is 0.661. The van der Waals surface area contributed by atoms with Crippen molar-refractivity contribution in [1.29, 1.82) is 0 Å². The molecule has 1 aliphatic heterocycles. The number of aryl methyl sites for hydroxylation is 1. The number of rotatable bonds is 4. The Hall–Kier alpha value is -2.73. The van der Waals surface area contributed by atoms with Gasteiger partial charge in [0.15, 0.2) is 0 Å². The maximum absolute atomic E-state index is 12.4. The Morgan fingerprint density at radius 1 is 1.23 bits per heavy atom. The van der Waals surface area contributed by atoms with Gasteiger partial charge in [-0.15, -0.1) is 11.3 Å². The summed E-state index contributed by atoms with van der Waals surface area (Å²) < 4.78 is 6.49. The van der Waals surface area contributed by atoms with Crippen molar-refractivity contribution < 1.29 is 14.3 Å². The molecular formula is C20H18N2O3S. The number of carbonyl (C=O) groups is 2. The summed E-state index contributed by atoms with van der Waals surface area (Å²) in [6.07, 6.45) is 0.187. The minimum atomic E-state index is -0.432. The fourth-order valence-corrected chi connectivity index (χ4v) is 3.95. The molecule has 1 atom stereocenters. The Morgan fingerprint density at radius 3 is 2.77 bits per heavy atom. The Kier molecular flexibility index (Phi) is 4.42. The number of benzene rings is 2. The molecule has 3 aromatic rings. The maximum atomic E-state index is 12.4. The first kappa shape index (κ1) is 16.7. The smallest absolute Gasteiger partial charge is 0.311 e. The Bertz CT molecular complexity index is 932. The Labute approximate surface area is 155 Å². The van der Waals surface area contributed by atoms with Gasteiger partial charge in [0.25, 0.3) is 0 Å². The normalized spacial score (nSPS) is 17.0. The van der Waals surface area contributed by atoms with E-state index in [4.69, 9.17) is 4.74 Å². The number of aromatic nitrogens is 1. The second-order valence-electron chi connectivity index (χ2n) is 6.42. The summed E-state index contributed by atoms with van der Waals surface area (Å²) in [5.41, 5.74) is 2.86. The summed E-state index contributed by atoms with van der Waals surface area (Å²) in [7, 11) is 0. The molecule has 1 aromatic heterocycles. The maximum Gasteiger partial charge on any atom is 0.311 e. The van der Waals surface area contributed by atoms with Gasteiger partial charge in [0.05, 0.1) is 16.1 Å². The third-order valence-corrected chi connectivity index (χ3v) is 5.49. The number of esters is 1. The number of amides is 1. The van der Waals surface area contributed by atoms with E-state index in [1.165, 1.54) is 11.3 Å². The van der Waals surface area contributed by atoms with Gasteiger partial charge in [0.1, 0.15) is 11.6 Å². The minimum Gasteiger partial charge on any atom is -0.458 e. The molecule has 5 nitrogen and oxygen atoms in total. The number of para-hydroxylation sites is 1. The molecular weight excluding hydrogens is 348 g/mol. The predicted molar refractivity (Wildman–Crippen MR) is 101 cm³/mol. The molecule has 4 rings (SSSR count). The summed E-state index contributed by atoms with van der Waals surface area (Å²) in [6.45, 7) is 2.51. The van der Waals surface area contributed by atoms with Crippen LogP contribution in [-0.4, -0.2) is 23.4 Å². The van der Waals surface area contributed by atoms with Crippen LogP contribution in [0.1, 0.15) is 17.0 Å². The molecule has 1 saturated heterocycles. The zero-order valence-electron chi connectivity index (χ0n) is 14.3. The van der Waals surface area contributed by atoms with Crippen molar-refractivity contribution >= 4 is 39.1 Å². The standard InChI is InChI=1S/C20H18N2O3S/c1-13-6-8-15(9-7-13)22-11-14(10-19(22)23)20(24)25-12-18-21-16-4-2-3-5-17(16)26-18/h2-9,14H,10-12H2,1H3. The highest BCUT2D eigenvalue weighted by Gasteiger charge is 2.36. The SMILES string of the molecule is Cc1ccc(N2CC(C(=O)OCc3nc4ccccc4s3)CC2=O)cc1. The molecule has 0 aliphatic carbocycles. The van der Waals surface area contributed by atoms with E-state index in [0.29, 0.717) is 6.54 Å². The lowest BCUT2D eigenvalue weighted by Gasteiger charge is -2.16. The molecule has 1 aliphatic rings. The Balaban J connectivity index is 1.39. The highest BCUT2D eigenvalue weighted by molar-refractivity contribution is 7.18. The second kappa shape index (κ2) is 6.88. The van der Waals surface area contributed by atoms with Gasteiger partial charge in [-0.1, -0.05) is 29.8 Å². The largest absolute Gasteiger partial charge is 0.458 e. The van der Waals surface area contributed by atoms with Crippen LogP contribution in [0.5, 0.6) is 0 Å². The van der Waals surface area contributed by atoms with Gasteiger partial charge < -0.3 is 9.64 Å². The van der Waals surface area contributed by atoms with Crippen LogP contribution in [0.3, 0.4) is 0 Å². The summed E-state index contributed by atoms with van der Waals surface area (Å²) in [4.78, 5) is 30.8. The number of carbonyl (C=O) groups excluding carboxylic acids is 2. The highest BCUT2D eigenvalue weighted by Crippen LogP contribution is 2.27. The van der Waals surface area contributed by atoms with Crippen molar-refractivity contribution in [2.45, 2.75) is 20.0 Å². The van der Waals surface area contributed by atoms with Crippen molar-refractivity contribution in [3.63, 3.8) is 0 Å². The van der Waals surface area contributed by atoms with Crippen LogP contribution >= 0.6 is 11.3 Å². The van der Waals surface area contributed by atoms with Gasteiger partial charge in [-0.25, -0.2) is 4.98 Å². The van der Waals surface area contributed by atoms with E-state index in [0.717, 1.165) is 26.5 Å².